The van der Waals surface area contributed by atoms with Gasteiger partial charge in [0.05, 0.1) is 17.0 Å². The highest BCUT2D eigenvalue weighted by Crippen LogP contribution is 2.33. The van der Waals surface area contributed by atoms with Crippen LogP contribution in [0.25, 0.3) is 5.57 Å². The van der Waals surface area contributed by atoms with Gasteiger partial charge in [-0.1, -0.05) is 6.58 Å². The molecule has 2 N–H and O–H groups in total. The molecule has 0 fully saturated rings. The van der Waals surface area contributed by atoms with Gasteiger partial charge in [-0.2, -0.15) is 13.2 Å². The highest BCUT2D eigenvalue weighted by Gasteiger charge is 2.34. The van der Waals surface area contributed by atoms with E-state index in [0.29, 0.717) is 0 Å². The van der Waals surface area contributed by atoms with Crippen LogP contribution in [0.5, 0.6) is 0 Å². The van der Waals surface area contributed by atoms with Crippen molar-refractivity contribution in [3.8, 4) is 0 Å². The molecule has 0 bridgehead atoms. The number of rotatable bonds is 1. The second kappa shape index (κ2) is 3.08. The maximum Gasteiger partial charge on any atom is 0.417 e. The number of aromatic nitrogens is 1. The van der Waals surface area contributed by atoms with Crippen LogP contribution >= 0.6 is 0 Å². The number of alkyl halides is 3. The van der Waals surface area contributed by atoms with Crippen molar-refractivity contribution in [2.24, 2.45) is 0 Å². The van der Waals surface area contributed by atoms with Gasteiger partial charge in [-0.05, 0) is 12.1 Å². The highest BCUT2D eigenvalue weighted by molar-refractivity contribution is 5.73. The molecule has 2 nitrogen and oxygen atoms in total. The topological polar surface area (TPSA) is 38.9 Å². The van der Waals surface area contributed by atoms with E-state index in [2.05, 4.69) is 11.6 Å². The average Bonchev–Trinajstić information content (AvgIpc) is 2.02. The van der Waals surface area contributed by atoms with Gasteiger partial charge in [0.2, 0.25) is 0 Å². The molecule has 1 heterocycles. The molecule has 13 heavy (non-hydrogen) atoms. The van der Waals surface area contributed by atoms with Gasteiger partial charge < -0.3 is 5.73 Å². The van der Waals surface area contributed by atoms with Crippen molar-refractivity contribution in [2.45, 2.75) is 6.18 Å². The lowest BCUT2D eigenvalue weighted by Crippen LogP contribution is -2.12. The third-order valence-electron chi connectivity index (χ3n) is 1.47. The summed E-state index contributed by atoms with van der Waals surface area (Å²) in [7, 11) is 0. The minimum absolute atomic E-state index is 0.0233. The Kier molecular flexibility index (Phi) is 2.27. The van der Waals surface area contributed by atoms with Crippen molar-refractivity contribution in [1.29, 1.82) is 0 Å². The molecular formula is C8H7F3N2. The summed E-state index contributed by atoms with van der Waals surface area (Å²) >= 11 is 0. The van der Waals surface area contributed by atoms with Gasteiger partial charge in [0, 0.05) is 6.20 Å². The summed E-state index contributed by atoms with van der Waals surface area (Å²) in [4.78, 5) is 3.50. The predicted octanol–water partition coefficient (Wildman–Crippen LogP) is 2.24. The first-order valence-electron chi connectivity index (χ1n) is 3.40. The maximum absolute atomic E-state index is 12.1. The molecule has 0 spiro atoms. The molecule has 0 saturated carbocycles. The Labute approximate surface area is 72.9 Å². The Balaban J connectivity index is 3.10. The Morgan fingerprint density at radius 3 is 2.54 bits per heavy atom. The molecule has 5 heteroatoms. The molecular weight excluding hydrogens is 181 g/mol. The Hall–Kier alpha value is -1.52. The summed E-state index contributed by atoms with van der Waals surface area (Å²) in [6.45, 7) is 2.89. The summed E-state index contributed by atoms with van der Waals surface area (Å²) in [5.74, 6) is 0. The van der Waals surface area contributed by atoms with Crippen molar-refractivity contribution in [1.82, 2.24) is 4.98 Å². The first kappa shape index (κ1) is 9.57. The molecule has 0 aliphatic carbocycles. The van der Waals surface area contributed by atoms with E-state index in [9.17, 15) is 13.2 Å². The number of hydrogen-bond acceptors (Lipinski definition) is 2. The van der Waals surface area contributed by atoms with Gasteiger partial charge >= 0.3 is 6.18 Å². The Morgan fingerprint density at radius 2 is 2.08 bits per heavy atom. The molecule has 0 saturated heterocycles. The van der Waals surface area contributed by atoms with Crippen LogP contribution in [0.2, 0.25) is 0 Å². The molecule has 1 rings (SSSR count). The number of anilines is 1. The zero-order chi connectivity index (χ0) is 10.1. The number of nitrogen functional groups attached to an aromatic ring is 1. The lowest BCUT2D eigenvalue weighted by Gasteiger charge is -2.10. The molecule has 1 aromatic heterocycles. The first-order chi connectivity index (χ1) is 5.93. The number of hydrogen-bond donors (Lipinski definition) is 1. The van der Waals surface area contributed by atoms with E-state index in [0.717, 1.165) is 0 Å². The lowest BCUT2D eigenvalue weighted by atomic mass is 10.1. The molecule has 0 atom stereocenters. The lowest BCUT2D eigenvalue weighted by molar-refractivity contribution is -0.0688. The van der Waals surface area contributed by atoms with E-state index in [4.69, 9.17) is 5.73 Å². The van der Waals surface area contributed by atoms with Gasteiger partial charge in [0.15, 0.2) is 0 Å². The van der Waals surface area contributed by atoms with Gasteiger partial charge in [-0.3, -0.25) is 4.98 Å². The van der Waals surface area contributed by atoms with E-state index >= 15 is 0 Å². The van der Waals surface area contributed by atoms with Crippen LogP contribution in [-0.2, 0) is 0 Å². The normalized spacial score (nSPS) is 11.3. The van der Waals surface area contributed by atoms with Crippen molar-refractivity contribution in [2.75, 3.05) is 5.73 Å². The fourth-order valence-electron chi connectivity index (χ4n) is 0.804. The zero-order valence-corrected chi connectivity index (χ0v) is 6.60. The summed E-state index contributed by atoms with van der Waals surface area (Å²) in [6, 6.07) is 2.81. The molecule has 0 aliphatic heterocycles. The standard InChI is InChI=1S/C8H7F3N2/c1-5(8(9,10)11)7-6(12)3-2-4-13-7/h2-4H,1,12H2. The molecule has 0 radical (unpaired) electrons. The van der Waals surface area contributed by atoms with Crippen LogP contribution < -0.4 is 5.73 Å². The smallest absolute Gasteiger partial charge is 0.397 e. The van der Waals surface area contributed by atoms with E-state index in [1.165, 1.54) is 18.3 Å². The summed E-state index contributed by atoms with van der Waals surface area (Å²) in [5, 5.41) is 0. The number of pyridine rings is 1. The SMILES string of the molecule is C=C(c1ncccc1N)C(F)(F)F. The van der Waals surface area contributed by atoms with Crippen LogP contribution in [0, 0.1) is 0 Å². The van der Waals surface area contributed by atoms with Gasteiger partial charge in [0.25, 0.3) is 0 Å². The Morgan fingerprint density at radius 1 is 1.46 bits per heavy atom. The molecule has 0 aromatic carbocycles. The second-order valence-corrected chi connectivity index (χ2v) is 2.42. The third-order valence-corrected chi connectivity index (χ3v) is 1.47. The van der Waals surface area contributed by atoms with Crippen LogP contribution in [-0.4, -0.2) is 11.2 Å². The molecule has 0 aliphatic rings. The van der Waals surface area contributed by atoms with Crippen LogP contribution in [0.4, 0.5) is 18.9 Å². The summed E-state index contributed by atoms with van der Waals surface area (Å²) in [5.41, 5.74) is 3.94. The number of allylic oxidation sites excluding steroid dienone is 1. The van der Waals surface area contributed by atoms with Crippen molar-refractivity contribution < 1.29 is 13.2 Å². The van der Waals surface area contributed by atoms with Gasteiger partial charge in [-0.25, -0.2) is 0 Å². The fourth-order valence-corrected chi connectivity index (χ4v) is 0.804. The van der Waals surface area contributed by atoms with Crippen molar-refractivity contribution in [3.05, 3.63) is 30.6 Å². The molecule has 1 aromatic rings. The van der Waals surface area contributed by atoms with Gasteiger partial charge in [-0.15, -0.1) is 0 Å². The van der Waals surface area contributed by atoms with Crippen molar-refractivity contribution >= 4 is 11.3 Å². The van der Waals surface area contributed by atoms with E-state index in [1.54, 1.807) is 0 Å². The van der Waals surface area contributed by atoms with Crippen LogP contribution in [0.15, 0.2) is 24.9 Å². The quantitative estimate of drug-likeness (QED) is 0.733. The van der Waals surface area contributed by atoms with Gasteiger partial charge in [0.1, 0.15) is 0 Å². The highest BCUT2D eigenvalue weighted by atomic mass is 19.4. The number of halogens is 3. The largest absolute Gasteiger partial charge is 0.417 e. The van der Waals surface area contributed by atoms with Crippen molar-refractivity contribution in [3.63, 3.8) is 0 Å². The average molecular weight is 188 g/mol. The molecule has 0 amide bonds. The first-order valence-corrected chi connectivity index (χ1v) is 3.40. The monoisotopic (exact) mass is 188 g/mol. The van der Waals surface area contributed by atoms with E-state index < -0.39 is 11.7 Å². The summed E-state index contributed by atoms with van der Waals surface area (Å²) in [6.07, 6.45) is -3.24. The fraction of sp³-hybridized carbons (Fsp3) is 0.125. The van der Waals surface area contributed by atoms with E-state index in [-0.39, 0.29) is 11.4 Å². The zero-order valence-electron chi connectivity index (χ0n) is 6.60. The minimum atomic E-state index is -4.48. The molecule has 0 unspecified atom stereocenters. The third kappa shape index (κ3) is 1.99. The van der Waals surface area contributed by atoms with Crippen LogP contribution in [0.3, 0.4) is 0 Å². The predicted molar refractivity (Wildman–Crippen MR) is 43.7 cm³/mol. The second-order valence-electron chi connectivity index (χ2n) is 2.42. The molecule has 70 valence electrons. The number of nitrogens with two attached hydrogens (primary N) is 1. The Bertz CT molecular complexity index is 330. The maximum atomic E-state index is 12.1. The number of nitrogens with zero attached hydrogens (tertiary/aromatic N) is 1. The summed E-state index contributed by atoms with van der Waals surface area (Å²) < 4.78 is 36.4. The minimum Gasteiger partial charge on any atom is -0.397 e. The van der Waals surface area contributed by atoms with E-state index in [1.807, 2.05) is 0 Å². The van der Waals surface area contributed by atoms with Crippen LogP contribution in [0.1, 0.15) is 5.69 Å².